The van der Waals surface area contributed by atoms with E-state index in [1.165, 1.54) is 6.92 Å². The summed E-state index contributed by atoms with van der Waals surface area (Å²) in [6.07, 6.45) is -3.31. The predicted octanol–water partition coefficient (Wildman–Crippen LogP) is -4.66. The molecule has 3 N–H and O–H groups in total. The number of hydrogen-bond acceptors (Lipinski definition) is 4. The quantitative estimate of drug-likeness (QED) is 0.344. The van der Waals surface area contributed by atoms with Gasteiger partial charge in [-0.15, -0.1) is 0 Å². The number of aliphatic hydroxyl groups is 1. The molecule has 11 heavy (non-hydrogen) atoms. The van der Waals surface area contributed by atoms with Crippen molar-refractivity contribution in [3.05, 3.63) is 0 Å². The van der Waals surface area contributed by atoms with Crippen LogP contribution in [0.2, 0.25) is 0 Å². The van der Waals surface area contributed by atoms with E-state index in [0.717, 1.165) is 0 Å². The van der Waals surface area contributed by atoms with E-state index in [-0.39, 0.29) is 29.6 Å². The van der Waals surface area contributed by atoms with Gasteiger partial charge in [0.25, 0.3) is 0 Å². The average molecular weight is 174 g/mol. The molecule has 1 unspecified atom stereocenters. The molecule has 1 atom stereocenters. The van der Waals surface area contributed by atoms with Gasteiger partial charge in [-0.05, 0) is 6.92 Å². The molecule has 0 aromatic heterocycles. The Kier molecular flexibility index (Phi) is 15.0. The third-order valence-corrected chi connectivity index (χ3v) is 0.357. The van der Waals surface area contributed by atoms with Crippen LogP contribution in [0.3, 0.4) is 0 Å². The topological polar surface area (TPSA) is 118 Å². The van der Waals surface area contributed by atoms with Gasteiger partial charge >= 0.3 is 35.5 Å². The molecule has 0 rings (SSSR count). The first-order chi connectivity index (χ1) is 4.37. The number of carbonyl (C=O) groups is 2. The summed E-state index contributed by atoms with van der Waals surface area (Å²) in [6, 6.07) is 0. The molecule has 0 aromatic rings. The average Bonchev–Trinajstić information content (AvgIpc) is 1.63. The van der Waals surface area contributed by atoms with Crippen LogP contribution in [0.25, 0.3) is 0 Å². The summed E-state index contributed by atoms with van der Waals surface area (Å²) in [5.41, 5.74) is 0. The van der Waals surface area contributed by atoms with E-state index in [0.29, 0.717) is 0 Å². The zero-order valence-electron chi connectivity index (χ0n) is 6.14. The van der Waals surface area contributed by atoms with Crippen molar-refractivity contribution in [1.82, 2.24) is 0 Å². The fourth-order valence-electron chi connectivity index (χ4n) is 0. The number of hydrogen-bond donors (Lipinski definition) is 3. The standard InChI is InChI=1S/C3H6O3.CH2O3.Na/c1-2(4)3(5)6;2-1(3)4;/h2,4H,1H3,(H,5,6);(H2,2,3,4);/q;;+1/p-1. The molecule has 6 nitrogen and oxygen atoms in total. The zero-order valence-corrected chi connectivity index (χ0v) is 8.14. The minimum absolute atomic E-state index is 0. The molecule has 0 aliphatic heterocycles. The predicted molar refractivity (Wildman–Crippen MR) is 27.3 cm³/mol. The van der Waals surface area contributed by atoms with Gasteiger partial charge in [0, 0.05) is 0 Å². The van der Waals surface area contributed by atoms with E-state index in [9.17, 15) is 4.79 Å². The van der Waals surface area contributed by atoms with Gasteiger partial charge in [0.15, 0.2) is 0 Å². The van der Waals surface area contributed by atoms with Crippen LogP contribution in [0.1, 0.15) is 6.92 Å². The second-order valence-electron chi connectivity index (χ2n) is 1.28. The molecule has 60 valence electrons. The van der Waals surface area contributed by atoms with Crippen molar-refractivity contribution >= 4 is 12.1 Å². The van der Waals surface area contributed by atoms with Gasteiger partial charge < -0.3 is 25.2 Å². The summed E-state index contributed by atoms with van der Waals surface area (Å²) < 4.78 is 0. The first kappa shape index (κ1) is 17.0. The summed E-state index contributed by atoms with van der Waals surface area (Å²) >= 11 is 0. The minimum atomic E-state index is -2.08. The van der Waals surface area contributed by atoms with Crippen LogP contribution in [0, 0.1) is 0 Å². The van der Waals surface area contributed by atoms with Crippen molar-refractivity contribution < 1.29 is 59.6 Å². The molecular weight excluding hydrogens is 167 g/mol. The Labute approximate surface area is 84.8 Å². The molecule has 0 bridgehead atoms. The number of carboxylic acid groups (broad SMARTS) is 3. The molecule has 0 fully saturated rings. The van der Waals surface area contributed by atoms with E-state index >= 15 is 0 Å². The molecule has 0 amide bonds. The maximum absolute atomic E-state index is 9.45. The molecule has 0 saturated heterocycles. The Balaban J connectivity index is -0.000000114. The van der Waals surface area contributed by atoms with Crippen LogP contribution in [-0.4, -0.2) is 33.5 Å². The van der Waals surface area contributed by atoms with Gasteiger partial charge in [0.2, 0.25) is 6.16 Å². The van der Waals surface area contributed by atoms with Crippen molar-refractivity contribution in [2.45, 2.75) is 13.0 Å². The second kappa shape index (κ2) is 9.70. The fraction of sp³-hybridized carbons (Fsp3) is 0.500. The van der Waals surface area contributed by atoms with Crippen LogP contribution in [0.5, 0.6) is 0 Å². The smallest absolute Gasteiger partial charge is 0.565 e. The molecular formula is C4H7NaO6. The van der Waals surface area contributed by atoms with Gasteiger partial charge in [0.1, 0.15) is 6.10 Å². The third kappa shape index (κ3) is 42.0. The van der Waals surface area contributed by atoms with Crippen molar-refractivity contribution in [3.8, 4) is 0 Å². The van der Waals surface area contributed by atoms with E-state index in [1.807, 2.05) is 0 Å². The molecule has 0 aromatic carbocycles. The van der Waals surface area contributed by atoms with E-state index in [4.69, 9.17) is 25.2 Å². The molecule has 0 heterocycles. The van der Waals surface area contributed by atoms with Gasteiger partial charge in [0.05, 0.1) is 0 Å². The molecule has 0 aliphatic carbocycles. The molecule has 0 spiro atoms. The Morgan fingerprint density at radius 1 is 1.36 bits per heavy atom. The Morgan fingerprint density at radius 2 is 1.45 bits per heavy atom. The summed E-state index contributed by atoms with van der Waals surface area (Å²) in [4.78, 5) is 17.9. The Hall–Kier alpha value is -0.300. The summed E-state index contributed by atoms with van der Waals surface area (Å²) in [5, 5.41) is 31.1. The normalized spacial score (nSPS) is 9.64. The van der Waals surface area contributed by atoms with Gasteiger partial charge in [-0.3, -0.25) is 0 Å². The van der Waals surface area contributed by atoms with Crippen molar-refractivity contribution in [3.63, 3.8) is 0 Å². The summed E-state index contributed by atoms with van der Waals surface area (Å²) in [6.45, 7) is 1.20. The van der Waals surface area contributed by atoms with Crippen molar-refractivity contribution in [2.75, 3.05) is 0 Å². The summed E-state index contributed by atoms with van der Waals surface area (Å²) in [5.74, 6) is -1.19. The van der Waals surface area contributed by atoms with E-state index in [1.54, 1.807) is 0 Å². The maximum Gasteiger partial charge on any atom is 1.00 e. The zero-order chi connectivity index (χ0) is 8.73. The van der Waals surface area contributed by atoms with Crippen LogP contribution in [0.15, 0.2) is 0 Å². The number of rotatable bonds is 1. The van der Waals surface area contributed by atoms with E-state index in [2.05, 4.69) is 0 Å². The monoisotopic (exact) mass is 174 g/mol. The Bertz CT molecular complexity index is 118. The van der Waals surface area contributed by atoms with Crippen LogP contribution >= 0.6 is 0 Å². The number of carboxylic acids is 1. The number of aliphatic carboxylic acids is 1. The SMILES string of the molecule is CC(O)C(=O)O.O=C([O-])O.[Na+]. The third-order valence-electron chi connectivity index (χ3n) is 0.357. The molecule has 0 aliphatic rings. The Morgan fingerprint density at radius 3 is 1.45 bits per heavy atom. The van der Waals surface area contributed by atoms with Crippen molar-refractivity contribution in [2.24, 2.45) is 0 Å². The maximum atomic E-state index is 9.45. The second-order valence-corrected chi connectivity index (χ2v) is 1.28. The van der Waals surface area contributed by atoms with Gasteiger partial charge in [-0.1, -0.05) is 0 Å². The van der Waals surface area contributed by atoms with Crippen molar-refractivity contribution in [1.29, 1.82) is 0 Å². The molecule has 0 saturated carbocycles. The van der Waals surface area contributed by atoms with Crippen LogP contribution in [0.4, 0.5) is 4.79 Å². The van der Waals surface area contributed by atoms with Gasteiger partial charge in [-0.2, -0.15) is 0 Å². The number of aliphatic hydroxyl groups excluding tert-OH is 1. The first-order valence-electron chi connectivity index (χ1n) is 2.18. The minimum Gasteiger partial charge on any atom is -0.565 e. The molecule has 7 heteroatoms. The van der Waals surface area contributed by atoms with Crippen LogP contribution in [-0.2, 0) is 4.79 Å². The van der Waals surface area contributed by atoms with Crippen LogP contribution < -0.4 is 34.7 Å². The largest absolute Gasteiger partial charge is 1.00 e. The van der Waals surface area contributed by atoms with E-state index < -0.39 is 18.2 Å². The summed E-state index contributed by atoms with van der Waals surface area (Å²) in [7, 11) is 0. The van der Waals surface area contributed by atoms with Gasteiger partial charge in [-0.25, -0.2) is 4.79 Å². The fourth-order valence-corrected chi connectivity index (χ4v) is 0. The first-order valence-corrected chi connectivity index (χ1v) is 2.18. The molecule has 0 radical (unpaired) electrons.